The Morgan fingerprint density at radius 1 is 1.04 bits per heavy atom. The van der Waals surface area contributed by atoms with Crippen LogP contribution in [0.2, 0.25) is 0 Å². The lowest BCUT2D eigenvalue weighted by Gasteiger charge is -2.34. The van der Waals surface area contributed by atoms with E-state index in [1.54, 1.807) is 34.1 Å². The maximum Gasteiger partial charge on any atom is 0.289 e. The Balaban J connectivity index is 1.41. The second kappa shape index (κ2) is 7.83. The predicted molar refractivity (Wildman–Crippen MR) is 90.7 cm³/mol. The normalized spacial score (nSPS) is 14.4. The van der Waals surface area contributed by atoms with Gasteiger partial charge in [-0.05, 0) is 36.4 Å². The molecule has 132 valence electrons. The lowest BCUT2D eigenvalue weighted by Crippen LogP contribution is -2.50. The average Bonchev–Trinajstić information content (AvgIpc) is 3.17. The average molecular weight is 345 g/mol. The number of benzene rings is 1. The molecule has 0 saturated carbocycles. The Hall–Kier alpha value is -2.83. The van der Waals surface area contributed by atoms with E-state index in [0.717, 1.165) is 5.69 Å². The van der Waals surface area contributed by atoms with E-state index < -0.39 is 0 Å². The van der Waals surface area contributed by atoms with Crippen LogP contribution >= 0.6 is 0 Å². The monoisotopic (exact) mass is 345 g/mol. The Morgan fingerprint density at radius 3 is 2.36 bits per heavy atom. The summed E-state index contributed by atoms with van der Waals surface area (Å²) in [5.74, 6) is -0.0679. The van der Waals surface area contributed by atoms with Crippen molar-refractivity contribution >= 4 is 17.5 Å². The molecule has 1 N–H and O–H groups in total. The van der Waals surface area contributed by atoms with Crippen LogP contribution in [0, 0.1) is 5.82 Å². The fourth-order valence-electron chi connectivity index (χ4n) is 2.75. The lowest BCUT2D eigenvalue weighted by atomic mass is 10.2. The van der Waals surface area contributed by atoms with Crippen molar-refractivity contribution < 1.29 is 18.4 Å². The fourth-order valence-corrected chi connectivity index (χ4v) is 2.75. The Morgan fingerprint density at radius 2 is 1.72 bits per heavy atom. The Kier molecular flexibility index (Phi) is 5.33. The first-order valence-corrected chi connectivity index (χ1v) is 8.23. The lowest BCUT2D eigenvalue weighted by molar-refractivity contribution is -0.132. The molecule has 1 aliphatic heterocycles. The highest BCUT2D eigenvalue weighted by molar-refractivity contribution is 5.91. The third kappa shape index (κ3) is 4.37. The van der Waals surface area contributed by atoms with Crippen molar-refractivity contribution in [3.63, 3.8) is 0 Å². The van der Waals surface area contributed by atoms with E-state index in [0.29, 0.717) is 44.9 Å². The molecule has 0 bridgehead atoms. The molecule has 0 atom stereocenters. The second-order valence-corrected chi connectivity index (χ2v) is 5.83. The van der Waals surface area contributed by atoms with Gasteiger partial charge in [-0.15, -0.1) is 0 Å². The number of nitrogens with zero attached hydrogens (tertiary/aromatic N) is 2. The van der Waals surface area contributed by atoms with Gasteiger partial charge in [0.05, 0.1) is 6.26 Å². The highest BCUT2D eigenvalue weighted by Crippen LogP contribution is 2.11. The molecule has 1 aromatic carbocycles. The summed E-state index contributed by atoms with van der Waals surface area (Å²) in [6.45, 7) is 2.51. The molecule has 0 spiro atoms. The highest BCUT2D eigenvalue weighted by atomic mass is 19.1. The van der Waals surface area contributed by atoms with E-state index >= 15 is 0 Å². The van der Waals surface area contributed by atoms with E-state index in [4.69, 9.17) is 4.42 Å². The molecule has 6 nitrogen and oxygen atoms in total. The minimum atomic E-state index is -0.288. The largest absolute Gasteiger partial charge is 0.459 e. The van der Waals surface area contributed by atoms with Crippen LogP contribution in [0.4, 0.5) is 10.1 Å². The van der Waals surface area contributed by atoms with Crippen molar-refractivity contribution in [1.29, 1.82) is 0 Å². The maximum absolute atomic E-state index is 12.8. The standard InChI is InChI=1S/C18H20FN3O3/c19-14-3-5-15(6-4-14)20-8-7-17(23)21-9-11-22(12-10-21)18(24)16-2-1-13-25-16/h1-6,13,20H,7-12H2. The first-order valence-electron chi connectivity index (χ1n) is 8.23. The summed E-state index contributed by atoms with van der Waals surface area (Å²) in [5.41, 5.74) is 0.781. The molecule has 1 aliphatic rings. The van der Waals surface area contributed by atoms with Gasteiger partial charge in [0.2, 0.25) is 5.91 Å². The topological polar surface area (TPSA) is 65.8 Å². The minimum Gasteiger partial charge on any atom is -0.459 e. The van der Waals surface area contributed by atoms with Crippen LogP contribution in [0.1, 0.15) is 17.0 Å². The summed E-state index contributed by atoms with van der Waals surface area (Å²) in [6.07, 6.45) is 1.82. The van der Waals surface area contributed by atoms with Gasteiger partial charge >= 0.3 is 0 Å². The van der Waals surface area contributed by atoms with Gasteiger partial charge in [0, 0.05) is 44.8 Å². The van der Waals surface area contributed by atoms with Crippen LogP contribution in [0.15, 0.2) is 47.1 Å². The third-order valence-corrected chi connectivity index (χ3v) is 4.16. The number of rotatable bonds is 5. The number of carbonyl (C=O) groups excluding carboxylic acids is 2. The van der Waals surface area contributed by atoms with E-state index in [9.17, 15) is 14.0 Å². The molecule has 25 heavy (non-hydrogen) atoms. The number of hydrogen-bond acceptors (Lipinski definition) is 4. The van der Waals surface area contributed by atoms with Crippen LogP contribution in [0.5, 0.6) is 0 Å². The summed E-state index contributed by atoms with van der Waals surface area (Å²) in [7, 11) is 0. The molecule has 2 amide bonds. The summed E-state index contributed by atoms with van der Waals surface area (Å²) in [5, 5.41) is 3.10. The number of amides is 2. The molecule has 1 saturated heterocycles. The molecule has 0 unspecified atom stereocenters. The van der Waals surface area contributed by atoms with E-state index in [1.165, 1.54) is 18.4 Å². The molecule has 7 heteroatoms. The molecule has 2 heterocycles. The predicted octanol–water partition coefficient (Wildman–Crippen LogP) is 2.21. The van der Waals surface area contributed by atoms with Gasteiger partial charge in [0.1, 0.15) is 5.82 Å². The number of anilines is 1. The third-order valence-electron chi connectivity index (χ3n) is 4.16. The van der Waals surface area contributed by atoms with E-state index in [2.05, 4.69) is 5.32 Å². The number of carbonyl (C=O) groups is 2. The summed E-state index contributed by atoms with van der Waals surface area (Å²) >= 11 is 0. The molecule has 1 aromatic heterocycles. The van der Waals surface area contributed by atoms with Crippen LogP contribution in [-0.4, -0.2) is 54.3 Å². The zero-order chi connectivity index (χ0) is 17.6. The van der Waals surface area contributed by atoms with Crippen LogP contribution in [0.3, 0.4) is 0 Å². The minimum absolute atomic E-state index is 0.0414. The second-order valence-electron chi connectivity index (χ2n) is 5.83. The van der Waals surface area contributed by atoms with Gasteiger partial charge in [-0.1, -0.05) is 0 Å². The number of piperazine rings is 1. The van der Waals surface area contributed by atoms with Gasteiger partial charge < -0.3 is 19.5 Å². The maximum atomic E-state index is 12.8. The molecular formula is C18H20FN3O3. The number of nitrogens with one attached hydrogen (secondary N) is 1. The highest BCUT2D eigenvalue weighted by Gasteiger charge is 2.25. The summed E-state index contributed by atoms with van der Waals surface area (Å²) in [6, 6.07) is 9.35. The molecule has 3 rings (SSSR count). The van der Waals surface area contributed by atoms with Gasteiger partial charge in [-0.3, -0.25) is 9.59 Å². The van der Waals surface area contributed by atoms with Crippen LogP contribution in [-0.2, 0) is 4.79 Å². The van der Waals surface area contributed by atoms with Crippen molar-refractivity contribution in [2.24, 2.45) is 0 Å². The van der Waals surface area contributed by atoms with Crippen molar-refractivity contribution in [1.82, 2.24) is 9.80 Å². The first-order chi connectivity index (χ1) is 12.1. The fraction of sp³-hybridized carbons (Fsp3) is 0.333. The van der Waals surface area contributed by atoms with Gasteiger partial charge in [-0.2, -0.15) is 0 Å². The van der Waals surface area contributed by atoms with Crippen molar-refractivity contribution in [2.45, 2.75) is 6.42 Å². The van der Waals surface area contributed by atoms with Gasteiger partial charge in [0.25, 0.3) is 5.91 Å². The molecule has 1 fully saturated rings. The summed E-state index contributed by atoms with van der Waals surface area (Å²) < 4.78 is 18.0. The van der Waals surface area contributed by atoms with Gasteiger partial charge in [0.15, 0.2) is 5.76 Å². The molecular weight excluding hydrogens is 325 g/mol. The number of hydrogen-bond donors (Lipinski definition) is 1. The van der Waals surface area contributed by atoms with Crippen molar-refractivity contribution in [3.05, 3.63) is 54.2 Å². The van der Waals surface area contributed by atoms with Crippen LogP contribution in [0.25, 0.3) is 0 Å². The van der Waals surface area contributed by atoms with Crippen molar-refractivity contribution in [2.75, 3.05) is 38.0 Å². The first kappa shape index (κ1) is 17.0. The van der Waals surface area contributed by atoms with Crippen LogP contribution < -0.4 is 5.32 Å². The van der Waals surface area contributed by atoms with Crippen molar-refractivity contribution in [3.8, 4) is 0 Å². The Labute approximate surface area is 145 Å². The number of furan rings is 1. The van der Waals surface area contributed by atoms with Gasteiger partial charge in [-0.25, -0.2) is 4.39 Å². The molecule has 0 aliphatic carbocycles. The summed E-state index contributed by atoms with van der Waals surface area (Å²) in [4.78, 5) is 27.9. The Bertz CT molecular complexity index is 708. The smallest absolute Gasteiger partial charge is 0.289 e. The van der Waals surface area contributed by atoms with E-state index in [-0.39, 0.29) is 17.6 Å². The zero-order valence-corrected chi connectivity index (χ0v) is 13.8. The quantitative estimate of drug-likeness (QED) is 0.902. The SMILES string of the molecule is O=C(CCNc1ccc(F)cc1)N1CCN(C(=O)c2ccco2)CC1. The number of halogens is 1. The zero-order valence-electron chi connectivity index (χ0n) is 13.8. The van der Waals surface area contributed by atoms with E-state index in [1.807, 2.05) is 0 Å². The molecule has 0 radical (unpaired) electrons. The molecule has 2 aromatic rings.